The normalized spacial score (nSPS) is 10.6. The summed E-state index contributed by atoms with van der Waals surface area (Å²) in [4.78, 5) is 8.28. The monoisotopic (exact) mass is 300 g/mol. The molecule has 0 aliphatic rings. The largest absolute Gasteiger partial charge is 0.383 e. The molecule has 0 atom stereocenters. The fourth-order valence-electron chi connectivity index (χ4n) is 2.05. The number of benzene rings is 2. The van der Waals surface area contributed by atoms with Gasteiger partial charge in [-0.2, -0.15) is 0 Å². The van der Waals surface area contributed by atoms with Crippen molar-refractivity contribution in [3.05, 3.63) is 60.3 Å². The minimum Gasteiger partial charge on any atom is -0.383 e. The Morgan fingerprint density at radius 2 is 1.55 bits per heavy atom. The van der Waals surface area contributed by atoms with E-state index in [-0.39, 0.29) is 0 Å². The minimum absolute atomic E-state index is 0.319. The number of hydrogen-bond acceptors (Lipinski definition) is 4. The number of nitrogens with one attached hydrogen (secondary N) is 2. The molecule has 1 heterocycles. The summed E-state index contributed by atoms with van der Waals surface area (Å²) in [6.07, 6.45) is 1.50. The zero-order valence-corrected chi connectivity index (χ0v) is 11.7. The number of anilines is 2. The van der Waals surface area contributed by atoms with Crippen LogP contribution in [-0.2, 0) is 0 Å². The van der Waals surface area contributed by atoms with Gasteiger partial charge in [0.05, 0.1) is 17.2 Å². The fourth-order valence-corrected chi connectivity index (χ4v) is 2.05. The summed E-state index contributed by atoms with van der Waals surface area (Å²) in [5, 5.41) is 6.34. The third kappa shape index (κ3) is 3.28. The van der Waals surface area contributed by atoms with Gasteiger partial charge in [-0.15, -0.1) is 0 Å². The molecule has 0 radical (unpaired) electrons. The zero-order valence-electron chi connectivity index (χ0n) is 11.7. The maximum atomic E-state index is 13.2. The number of halogens is 2. The van der Waals surface area contributed by atoms with E-state index in [4.69, 9.17) is 0 Å². The van der Waals surface area contributed by atoms with Crippen LogP contribution in [-0.4, -0.2) is 23.1 Å². The fraction of sp³-hybridized carbons (Fsp3) is 0.125. The van der Waals surface area contributed by atoms with Crippen LogP contribution < -0.4 is 10.6 Å². The topological polar surface area (TPSA) is 49.8 Å². The summed E-state index contributed by atoms with van der Waals surface area (Å²) in [6.45, 7) is 1.32. The molecule has 6 heteroatoms. The van der Waals surface area contributed by atoms with Crippen LogP contribution in [0.15, 0.2) is 48.7 Å². The molecule has 0 unspecified atom stereocenters. The summed E-state index contributed by atoms with van der Waals surface area (Å²) in [7, 11) is 0. The van der Waals surface area contributed by atoms with Crippen LogP contribution in [0, 0.1) is 11.6 Å². The van der Waals surface area contributed by atoms with Crippen LogP contribution in [0.5, 0.6) is 0 Å². The van der Waals surface area contributed by atoms with Gasteiger partial charge < -0.3 is 10.6 Å². The number of hydrogen-bond donors (Lipinski definition) is 2. The second kappa shape index (κ2) is 6.34. The van der Waals surface area contributed by atoms with Crippen LogP contribution in [0.1, 0.15) is 0 Å². The first-order chi connectivity index (χ1) is 10.7. The number of rotatable bonds is 5. The molecule has 0 bridgehead atoms. The Labute approximate surface area is 126 Å². The van der Waals surface area contributed by atoms with Crippen molar-refractivity contribution < 1.29 is 8.78 Å². The number of aromatic nitrogens is 2. The summed E-state index contributed by atoms with van der Waals surface area (Å²) in [6, 6.07) is 11.9. The standard InChI is InChI=1S/C16H14F2N4/c17-12-8-14-15(9-13(12)18)22-16(10-21-14)20-7-6-19-11-4-2-1-3-5-11/h1-5,8-10,19H,6-7H2,(H,20,22). The Hall–Kier alpha value is -2.76. The highest BCUT2D eigenvalue weighted by Crippen LogP contribution is 2.16. The average Bonchev–Trinajstić information content (AvgIpc) is 2.54. The summed E-state index contributed by atoms with van der Waals surface area (Å²) < 4.78 is 26.3. The van der Waals surface area contributed by atoms with Crippen LogP contribution in [0.25, 0.3) is 11.0 Å². The highest BCUT2D eigenvalue weighted by molar-refractivity contribution is 5.75. The van der Waals surface area contributed by atoms with Crippen molar-refractivity contribution >= 4 is 22.5 Å². The van der Waals surface area contributed by atoms with E-state index in [1.165, 1.54) is 6.20 Å². The van der Waals surface area contributed by atoms with E-state index in [9.17, 15) is 8.78 Å². The van der Waals surface area contributed by atoms with Crippen LogP contribution in [0.2, 0.25) is 0 Å². The Bertz CT molecular complexity index is 778. The molecule has 22 heavy (non-hydrogen) atoms. The Morgan fingerprint density at radius 3 is 2.32 bits per heavy atom. The third-order valence-corrected chi connectivity index (χ3v) is 3.12. The molecule has 0 saturated heterocycles. The molecule has 2 N–H and O–H groups in total. The van der Waals surface area contributed by atoms with Crippen LogP contribution in [0.3, 0.4) is 0 Å². The summed E-state index contributed by atoms with van der Waals surface area (Å²) >= 11 is 0. The van der Waals surface area contributed by atoms with Gasteiger partial charge in [-0.1, -0.05) is 18.2 Å². The van der Waals surface area contributed by atoms with E-state index in [1.807, 2.05) is 30.3 Å². The highest BCUT2D eigenvalue weighted by atomic mass is 19.2. The van der Waals surface area contributed by atoms with Crippen molar-refractivity contribution in [3.8, 4) is 0 Å². The Balaban J connectivity index is 1.61. The average molecular weight is 300 g/mol. The molecule has 3 aromatic rings. The van der Waals surface area contributed by atoms with E-state index in [2.05, 4.69) is 20.6 Å². The maximum absolute atomic E-state index is 13.2. The molecular weight excluding hydrogens is 286 g/mol. The molecular formula is C16H14F2N4. The van der Waals surface area contributed by atoms with Gasteiger partial charge in [0, 0.05) is 30.9 Å². The smallest absolute Gasteiger partial charge is 0.161 e. The summed E-state index contributed by atoms with van der Waals surface area (Å²) in [5.41, 5.74) is 1.68. The molecule has 2 aromatic carbocycles. The second-order valence-corrected chi connectivity index (χ2v) is 4.73. The zero-order chi connectivity index (χ0) is 15.4. The van der Waals surface area contributed by atoms with Gasteiger partial charge in [0.25, 0.3) is 0 Å². The van der Waals surface area contributed by atoms with E-state index in [1.54, 1.807) is 0 Å². The third-order valence-electron chi connectivity index (χ3n) is 3.12. The molecule has 0 fully saturated rings. The predicted molar refractivity (Wildman–Crippen MR) is 82.9 cm³/mol. The van der Waals surface area contributed by atoms with Gasteiger partial charge in [0.15, 0.2) is 11.6 Å². The van der Waals surface area contributed by atoms with Crippen molar-refractivity contribution in [2.75, 3.05) is 23.7 Å². The number of para-hydroxylation sites is 1. The van der Waals surface area contributed by atoms with E-state index < -0.39 is 11.6 Å². The van der Waals surface area contributed by atoms with Crippen molar-refractivity contribution in [2.45, 2.75) is 0 Å². The first-order valence-electron chi connectivity index (χ1n) is 6.87. The molecule has 3 rings (SSSR count). The van der Waals surface area contributed by atoms with Gasteiger partial charge >= 0.3 is 0 Å². The molecule has 0 aliphatic carbocycles. The highest BCUT2D eigenvalue weighted by Gasteiger charge is 2.06. The van der Waals surface area contributed by atoms with Gasteiger partial charge in [-0.05, 0) is 12.1 Å². The lowest BCUT2D eigenvalue weighted by atomic mass is 10.3. The summed E-state index contributed by atoms with van der Waals surface area (Å²) in [5.74, 6) is -1.33. The first-order valence-corrected chi connectivity index (χ1v) is 6.87. The van der Waals surface area contributed by atoms with Gasteiger partial charge in [0.2, 0.25) is 0 Å². The van der Waals surface area contributed by atoms with E-state index >= 15 is 0 Å². The van der Waals surface area contributed by atoms with Crippen LogP contribution in [0.4, 0.5) is 20.3 Å². The lowest BCUT2D eigenvalue weighted by Crippen LogP contribution is -2.14. The molecule has 0 aliphatic heterocycles. The maximum Gasteiger partial charge on any atom is 0.161 e. The van der Waals surface area contributed by atoms with Crippen molar-refractivity contribution in [1.29, 1.82) is 0 Å². The molecule has 1 aromatic heterocycles. The van der Waals surface area contributed by atoms with Crippen molar-refractivity contribution in [3.63, 3.8) is 0 Å². The second-order valence-electron chi connectivity index (χ2n) is 4.73. The van der Waals surface area contributed by atoms with E-state index in [0.717, 1.165) is 17.8 Å². The quantitative estimate of drug-likeness (QED) is 0.709. The van der Waals surface area contributed by atoms with Crippen molar-refractivity contribution in [1.82, 2.24) is 9.97 Å². The van der Waals surface area contributed by atoms with Gasteiger partial charge in [0.1, 0.15) is 5.82 Å². The van der Waals surface area contributed by atoms with Crippen LogP contribution >= 0.6 is 0 Å². The molecule has 0 saturated carbocycles. The molecule has 112 valence electrons. The lowest BCUT2D eigenvalue weighted by molar-refractivity contribution is 0.510. The van der Waals surface area contributed by atoms with Gasteiger partial charge in [-0.25, -0.2) is 13.8 Å². The number of nitrogens with zero attached hydrogens (tertiary/aromatic N) is 2. The minimum atomic E-state index is -0.926. The van der Waals surface area contributed by atoms with Gasteiger partial charge in [-0.3, -0.25) is 4.98 Å². The molecule has 4 nitrogen and oxygen atoms in total. The number of fused-ring (bicyclic) bond motifs is 1. The Kier molecular flexibility index (Phi) is 4.09. The molecule has 0 spiro atoms. The SMILES string of the molecule is Fc1cc2ncc(NCCNc3ccccc3)nc2cc1F. The van der Waals surface area contributed by atoms with E-state index in [0.29, 0.717) is 29.9 Å². The Morgan fingerprint density at radius 1 is 0.864 bits per heavy atom. The first kappa shape index (κ1) is 14.2. The van der Waals surface area contributed by atoms with Crippen molar-refractivity contribution in [2.24, 2.45) is 0 Å². The lowest BCUT2D eigenvalue weighted by Gasteiger charge is -2.08. The predicted octanol–water partition coefficient (Wildman–Crippen LogP) is 3.43. The molecule has 0 amide bonds.